The standard InChI is InChI=1S/C18H20N4O2/c1-12(17-20-15-4-2-3-5-16(15)21-17)19-18(23)22(14-6-7-14)10-13-8-9-24-11-13/h2-5,8-9,11-12,14H,6-7,10H2,1H3,(H,19,23)(H,20,21)/t12-/m0/s1. The van der Waals surface area contributed by atoms with Gasteiger partial charge >= 0.3 is 6.03 Å². The number of imidazole rings is 1. The van der Waals surface area contributed by atoms with E-state index in [1.165, 1.54) is 0 Å². The van der Waals surface area contributed by atoms with Gasteiger partial charge in [-0.1, -0.05) is 12.1 Å². The van der Waals surface area contributed by atoms with Crippen LogP contribution in [0.2, 0.25) is 0 Å². The number of hydrogen-bond donors (Lipinski definition) is 2. The quantitative estimate of drug-likeness (QED) is 0.753. The lowest BCUT2D eigenvalue weighted by molar-refractivity contribution is 0.188. The lowest BCUT2D eigenvalue weighted by Gasteiger charge is -2.24. The molecule has 2 N–H and O–H groups in total. The molecule has 1 fully saturated rings. The summed E-state index contributed by atoms with van der Waals surface area (Å²) in [6, 6.07) is 9.83. The van der Waals surface area contributed by atoms with Crippen molar-refractivity contribution < 1.29 is 9.21 Å². The van der Waals surface area contributed by atoms with Crippen LogP contribution in [0.4, 0.5) is 4.79 Å². The number of para-hydroxylation sites is 2. The van der Waals surface area contributed by atoms with E-state index in [2.05, 4.69) is 15.3 Å². The molecule has 3 aromatic rings. The van der Waals surface area contributed by atoms with Crippen LogP contribution in [0.15, 0.2) is 47.3 Å². The predicted octanol–water partition coefficient (Wildman–Crippen LogP) is 3.59. The summed E-state index contributed by atoms with van der Waals surface area (Å²) in [5, 5.41) is 3.05. The Kier molecular flexibility index (Phi) is 3.72. The summed E-state index contributed by atoms with van der Waals surface area (Å²) in [4.78, 5) is 22.4. The molecule has 2 aromatic heterocycles. The molecule has 2 amide bonds. The Balaban J connectivity index is 1.47. The average Bonchev–Trinajstić information content (AvgIpc) is 3.12. The minimum atomic E-state index is -0.185. The first-order chi connectivity index (χ1) is 11.7. The SMILES string of the molecule is C[C@H](NC(=O)N(Cc1ccoc1)C1CC1)c1nc2ccccc2[nH]1. The number of furan rings is 1. The number of amides is 2. The fraction of sp³-hybridized carbons (Fsp3) is 0.333. The van der Waals surface area contributed by atoms with Gasteiger partial charge in [-0.2, -0.15) is 0 Å². The van der Waals surface area contributed by atoms with Gasteiger partial charge in [-0.25, -0.2) is 9.78 Å². The summed E-state index contributed by atoms with van der Waals surface area (Å²) >= 11 is 0. The molecule has 0 bridgehead atoms. The van der Waals surface area contributed by atoms with Crippen LogP contribution >= 0.6 is 0 Å². The van der Waals surface area contributed by atoms with E-state index in [0.29, 0.717) is 12.6 Å². The number of nitrogens with zero attached hydrogens (tertiary/aromatic N) is 2. The van der Waals surface area contributed by atoms with E-state index in [4.69, 9.17) is 4.42 Å². The fourth-order valence-electron chi connectivity index (χ4n) is 2.85. The Hall–Kier alpha value is -2.76. The zero-order valence-electron chi connectivity index (χ0n) is 13.5. The number of carbonyl (C=O) groups excluding carboxylic acids is 1. The Labute approximate surface area is 139 Å². The summed E-state index contributed by atoms with van der Waals surface area (Å²) in [5.74, 6) is 0.767. The number of aromatic nitrogens is 2. The highest BCUT2D eigenvalue weighted by atomic mass is 16.3. The number of urea groups is 1. The Bertz CT molecular complexity index is 803. The van der Waals surface area contributed by atoms with E-state index < -0.39 is 0 Å². The number of benzene rings is 1. The van der Waals surface area contributed by atoms with Crippen molar-refractivity contribution in [2.75, 3.05) is 0 Å². The molecule has 0 radical (unpaired) electrons. The molecule has 0 aliphatic heterocycles. The molecule has 1 aliphatic carbocycles. The number of H-pyrrole nitrogens is 1. The second kappa shape index (κ2) is 6.03. The molecule has 6 nitrogen and oxygen atoms in total. The molecule has 124 valence electrons. The second-order valence-corrected chi connectivity index (χ2v) is 6.30. The van der Waals surface area contributed by atoms with E-state index in [1.807, 2.05) is 42.2 Å². The molecule has 2 heterocycles. The van der Waals surface area contributed by atoms with Crippen molar-refractivity contribution in [3.05, 3.63) is 54.2 Å². The van der Waals surface area contributed by atoms with Crippen LogP contribution < -0.4 is 5.32 Å². The maximum Gasteiger partial charge on any atom is 0.318 e. The molecule has 24 heavy (non-hydrogen) atoms. The van der Waals surface area contributed by atoms with Gasteiger partial charge in [-0.15, -0.1) is 0 Å². The van der Waals surface area contributed by atoms with Gasteiger partial charge in [0.25, 0.3) is 0 Å². The Morgan fingerprint density at radius 2 is 2.25 bits per heavy atom. The molecule has 0 unspecified atom stereocenters. The first-order valence-electron chi connectivity index (χ1n) is 8.23. The fourth-order valence-corrected chi connectivity index (χ4v) is 2.85. The van der Waals surface area contributed by atoms with E-state index in [-0.39, 0.29) is 12.1 Å². The monoisotopic (exact) mass is 324 g/mol. The second-order valence-electron chi connectivity index (χ2n) is 6.30. The third kappa shape index (κ3) is 2.99. The lowest BCUT2D eigenvalue weighted by atomic mass is 10.3. The molecule has 1 saturated carbocycles. The number of rotatable bonds is 5. The summed E-state index contributed by atoms with van der Waals surface area (Å²) < 4.78 is 5.11. The van der Waals surface area contributed by atoms with E-state index in [9.17, 15) is 4.79 Å². The van der Waals surface area contributed by atoms with E-state index in [0.717, 1.165) is 35.3 Å². The molecular weight excluding hydrogens is 304 g/mol. The van der Waals surface area contributed by atoms with Gasteiger partial charge in [0.2, 0.25) is 0 Å². The van der Waals surface area contributed by atoms with Crippen LogP contribution in [0.3, 0.4) is 0 Å². The first kappa shape index (κ1) is 14.8. The van der Waals surface area contributed by atoms with Gasteiger partial charge in [0.05, 0.1) is 36.1 Å². The summed E-state index contributed by atoms with van der Waals surface area (Å²) in [6.45, 7) is 2.51. The molecule has 1 aliphatic rings. The number of carbonyl (C=O) groups is 1. The zero-order chi connectivity index (χ0) is 16.5. The predicted molar refractivity (Wildman–Crippen MR) is 90.3 cm³/mol. The smallest absolute Gasteiger partial charge is 0.318 e. The first-order valence-corrected chi connectivity index (χ1v) is 8.23. The van der Waals surface area contributed by atoms with Crippen LogP contribution in [0, 0.1) is 0 Å². The molecule has 0 saturated heterocycles. The highest BCUT2D eigenvalue weighted by Crippen LogP contribution is 2.29. The van der Waals surface area contributed by atoms with Gasteiger partial charge in [0.15, 0.2) is 0 Å². The highest BCUT2D eigenvalue weighted by Gasteiger charge is 2.33. The Morgan fingerprint density at radius 1 is 1.42 bits per heavy atom. The van der Waals surface area contributed by atoms with Crippen LogP contribution in [0.5, 0.6) is 0 Å². The minimum Gasteiger partial charge on any atom is -0.472 e. The van der Waals surface area contributed by atoms with Gasteiger partial charge in [-0.3, -0.25) is 0 Å². The van der Waals surface area contributed by atoms with Gasteiger partial charge in [0.1, 0.15) is 5.82 Å². The Morgan fingerprint density at radius 3 is 2.96 bits per heavy atom. The van der Waals surface area contributed by atoms with Gasteiger partial charge in [0, 0.05) is 11.6 Å². The van der Waals surface area contributed by atoms with Gasteiger partial charge in [-0.05, 0) is 38.0 Å². The van der Waals surface area contributed by atoms with Gasteiger partial charge < -0.3 is 19.6 Å². The highest BCUT2D eigenvalue weighted by molar-refractivity contribution is 5.77. The van der Waals surface area contributed by atoms with E-state index >= 15 is 0 Å². The zero-order valence-corrected chi connectivity index (χ0v) is 13.5. The van der Waals surface area contributed by atoms with Crippen LogP contribution in [-0.2, 0) is 6.54 Å². The van der Waals surface area contributed by atoms with Crippen molar-refractivity contribution in [2.24, 2.45) is 0 Å². The third-order valence-corrected chi connectivity index (χ3v) is 4.34. The maximum atomic E-state index is 12.7. The molecule has 0 spiro atoms. The van der Waals surface area contributed by atoms with Crippen molar-refractivity contribution in [2.45, 2.75) is 38.4 Å². The average molecular weight is 324 g/mol. The summed E-state index contributed by atoms with van der Waals surface area (Å²) in [6.07, 6.45) is 5.44. The topological polar surface area (TPSA) is 74.2 Å². The largest absolute Gasteiger partial charge is 0.472 e. The summed E-state index contributed by atoms with van der Waals surface area (Å²) in [7, 11) is 0. The number of nitrogens with one attached hydrogen (secondary N) is 2. The molecule has 4 rings (SSSR count). The lowest BCUT2D eigenvalue weighted by Crippen LogP contribution is -2.42. The summed E-state index contributed by atoms with van der Waals surface area (Å²) in [5.41, 5.74) is 2.89. The van der Waals surface area contributed by atoms with Crippen LogP contribution in [-0.4, -0.2) is 26.9 Å². The van der Waals surface area contributed by atoms with Crippen molar-refractivity contribution in [1.82, 2.24) is 20.2 Å². The van der Waals surface area contributed by atoms with Crippen molar-refractivity contribution in [1.29, 1.82) is 0 Å². The molecule has 6 heteroatoms. The normalized spacial score (nSPS) is 15.4. The third-order valence-electron chi connectivity index (χ3n) is 4.34. The minimum absolute atomic E-state index is 0.0633. The molecule has 1 aromatic carbocycles. The molecule has 1 atom stereocenters. The van der Waals surface area contributed by atoms with Crippen molar-refractivity contribution in [3.8, 4) is 0 Å². The molecular formula is C18H20N4O2. The number of fused-ring (bicyclic) bond motifs is 1. The maximum absolute atomic E-state index is 12.7. The van der Waals surface area contributed by atoms with E-state index in [1.54, 1.807) is 12.5 Å². The van der Waals surface area contributed by atoms with Crippen molar-refractivity contribution >= 4 is 17.1 Å². The van der Waals surface area contributed by atoms with Crippen molar-refractivity contribution in [3.63, 3.8) is 0 Å². The number of hydrogen-bond acceptors (Lipinski definition) is 3. The van der Waals surface area contributed by atoms with Crippen LogP contribution in [0.25, 0.3) is 11.0 Å². The number of aromatic amines is 1. The van der Waals surface area contributed by atoms with Crippen LogP contribution in [0.1, 0.15) is 37.2 Å².